The highest BCUT2D eigenvalue weighted by Gasteiger charge is 2.69. The molecule has 0 aromatic carbocycles. The molecule has 4 nitrogen and oxygen atoms in total. The van der Waals surface area contributed by atoms with Crippen molar-refractivity contribution >= 4 is 0 Å². The summed E-state index contributed by atoms with van der Waals surface area (Å²) in [4.78, 5) is 0. The molecule has 0 aromatic rings. The standard InChI is InChI=1S/C19H32O4/c1-11(2)7-8-14-18(22-14)16-17(20-6)15(21-12(3)4)9-10-19(16)13(5)23-19/h7,12-18H,8-10H2,1-6H3/t13-,14-,15?,16?,17?,18-,19+/m1/s1. The smallest absolute Gasteiger partial charge is 0.103 e. The number of epoxide rings is 2. The fourth-order valence-electron chi connectivity index (χ4n) is 4.39. The van der Waals surface area contributed by atoms with Crippen molar-refractivity contribution in [2.24, 2.45) is 5.92 Å². The Balaban J connectivity index is 1.74. The van der Waals surface area contributed by atoms with Crippen LogP contribution in [0.1, 0.15) is 53.9 Å². The monoisotopic (exact) mass is 324 g/mol. The summed E-state index contributed by atoms with van der Waals surface area (Å²) in [7, 11) is 1.80. The van der Waals surface area contributed by atoms with E-state index in [1.54, 1.807) is 7.11 Å². The number of hydrogen-bond acceptors (Lipinski definition) is 4. The predicted molar refractivity (Wildman–Crippen MR) is 89.5 cm³/mol. The van der Waals surface area contributed by atoms with Crippen molar-refractivity contribution in [2.75, 3.05) is 7.11 Å². The zero-order valence-electron chi connectivity index (χ0n) is 15.4. The third-order valence-corrected chi connectivity index (χ3v) is 5.58. The molecule has 7 atom stereocenters. The Bertz CT molecular complexity index is 456. The second kappa shape index (κ2) is 6.47. The summed E-state index contributed by atoms with van der Waals surface area (Å²) in [5, 5.41) is 0. The van der Waals surface area contributed by atoms with E-state index in [0.717, 1.165) is 19.3 Å². The summed E-state index contributed by atoms with van der Waals surface area (Å²) in [5.41, 5.74) is 1.29. The van der Waals surface area contributed by atoms with Gasteiger partial charge in [-0.15, -0.1) is 0 Å². The molecule has 3 rings (SSSR count). The molecule has 4 heteroatoms. The summed E-state index contributed by atoms with van der Waals surface area (Å²) in [5.74, 6) is 0.274. The fraction of sp³-hybridized carbons (Fsp3) is 0.895. The number of ether oxygens (including phenoxy) is 4. The number of rotatable bonds is 6. The Labute approximate surface area is 140 Å². The van der Waals surface area contributed by atoms with Gasteiger partial charge in [0.05, 0.1) is 36.6 Å². The zero-order chi connectivity index (χ0) is 16.8. The Hall–Kier alpha value is -0.420. The lowest BCUT2D eigenvalue weighted by Crippen LogP contribution is -2.53. The maximum atomic E-state index is 6.14. The molecule has 0 radical (unpaired) electrons. The van der Waals surface area contributed by atoms with Crippen molar-refractivity contribution < 1.29 is 18.9 Å². The molecule has 3 aliphatic rings. The minimum absolute atomic E-state index is 0.0535. The lowest BCUT2D eigenvalue weighted by atomic mass is 9.71. The summed E-state index contributed by atoms with van der Waals surface area (Å²) < 4.78 is 24.2. The zero-order valence-corrected chi connectivity index (χ0v) is 15.4. The predicted octanol–water partition coefficient (Wildman–Crippen LogP) is 3.49. The number of methoxy groups -OCH3 is 1. The van der Waals surface area contributed by atoms with Gasteiger partial charge in [0.15, 0.2) is 0 Å². The lowest BCUT2D eigenvalue weighted by molar-refractivity contribution is -0.142. The molecule has 0 amide bonds. The van der Waals surface area contributed by atoms with Crippen molar-refractivity contribution in [3.8, 4) is 0 Å². The Morgan fingerprint density at radius 1 is 1.35 bits per heavy atom. The molecule has 2 saturated heterocycles. The molecule has 0 N–H and O–H groups in total. The van der Waals surface area contributed by atoms with E-state index in [4.69, 9.17) is 18.9 Å². The van der Waals surface area contributed by atoms with Crippen molar-refractivity contribution in [1.29, 1.82) is 0 Å². The minimum Gasteiger partial charge on any atom is -0.378 e. The van der Waals surface area contributed by atoms with E-state index in [9.17, 15) is 0 Å². The summed E-state index contributed by atoms with van der Waals surface area (Å²) in [6.07, 6.45) is 6.55. The van der Waals surface area contributed by atoms with E-state index in [1.807, 2.05) is 0 Å². The Morgan fingerprint density at radius 3 is 2.57 bits per heavy atom. The minimum atomic E-state index is -0.0537. The van der Waals surface area contributed by atoms with Crippen LogP contribution in [-0.2, 0) is 18.9 Å². The Morgan fingerprint density at radius 2 is 2.04 bits per heavy atom. The fourth-order valence-corrected chi connectivity index (χ4v) is 4.39. The van der Waals surface area contributed by atoms with Gasteiger partial charge in [0.1, 0.15) is 5.60 Å². The molecule has 23 heavy (non-hydrogen) atoms. The molecule has 2 aliphatic heterocycles. The second-order valence-electron chi connectivity index (χ2n) is 7.86. The van der Waals surface area contributed by atoms with Gasteiger partial charge < -0.3 is 18.9 Å². The Kier molecular flexibility index (Phi) is 4.90. The third kappa shape index (κ3) is 3.37. The van der Waals surface area contributed by atoms with Gasteiger partial charge in [-0.1, -0.05) is 11.6 Å². The summed E-state index contributed by atoms with van der Waals surface area (Å²) >= 11 is 0. The van der Waals surface area contributed by atoms with Crippen LogP contribution in [0.4, 0.5) is 0 Å². The molecular weight excluding hydrogens is 292 g/mol. The first kappa shape index (κ1) is 17.4. The van der Waals surface area contributed by atoms with E-state index in [2.05, 4.69) is 40.7 Å². The third-order valence-electron chi connectivity index (χ3n) is 5.58. The van der Waals surface area contributed by atoms with Crippen LogP contribution in [-0.4, -0.2) is 49.3 Å². The second-order valence-corrected chi connectivity index (χ2v) is 7.86. The van der Waals surface area contributed by atoms with Gasteiger partial charge in [-0.25, -0.2) is 0 Å². The lowest BCUT2D eigenvalue weighted by Gasteiger charge is -2.41. The topological polar surface area (TPSA) is 43.5 Å². The summed E-state index contributed by atoms with van der Waals surface area (Å²) in [6.45, 7) is 10.6. The molecule has 1 saturated carbocycles. The van der Waals surface area contributed by atoms with Crippen molar-refractivity contribution in [2.45, 2.75) is 96.1 Å². The first-order chi connectivity index (χ1) is 10.9. The van der Waals surface area contributed by atoms with Crippen LogP contribution in [0.15, 0.2) is 11.6 Å². The van der Waals surface area contributed by atoms with Crippen LogP contribution in [0, 0.1) is 5.92 Å². The maximum absolute atomic E-state index is 6.14. The number of allylic oxidation sites excluding steroid dienone is 1. The molecule has 1 aliphatic carbocycles. The molecule has 1 spiro atoms. The van der Waals surface area contributed by atoms with E-state index in [-0.39, 0.29) is 35.9 Å². The van der Waals surface area contributed by atoms with E-state index in [1.165, 1.54) is 5.57 Å². The highest BCUT2D eigenvalue weighted by molar-refractivity contribution is 5.18. The highest BCUT2D eigenvalue weighted by Crippen LogP contribution is 2.57. The average Bonchev–Trinajstić information content (AvgIpc) is 3.36. The van der Waals surface area contributed by atoms with Crippen LogP contribution in [0.2, 0.25) is 0 Å². The normalized spacial score (nSPS) is 45.3. The van der Waals surface area contributed by atoms with E-state index >= 15 is 0 Å². The van der Waals surface area contributed by atoms with Gasteiger partial charge in [0.25, 0.3) is 0 Å². The van der Waals surface area contributed by atoms with Crippen LogP contribution in [0.3, 0.4) is 0 Å². The van der Waals surface area contributed by atoms with Crippen molar-refractivity contribution in [1.82, 2.24) is 0 Å². The van der Waals surface area contributed by atoms with Crippen LogP contribution < -0.4 is 0 Å². The van der Waals surface area contributed by atoms with Crippen LogP contribution in [0.5, 0.6) is 0 Å². The molecule has 0 aromatic heterocycles. The average molecular weight is 324 g/mol. The first-order valence-corrected chi connectivity index (χ1v) is 9.04. The maximum Gasteiger partial charge on any atom is 0.103 e. The van der Waals surface area contributed by atoms with E-state index in [0.29, 0.717) is 12.2 Å². The molecule has 3 unspecified atom stereocenters. The van der Waals surface area contributed by atoms with Crippen LogP contribution >= 0.6 is 0 Å². The molecular formula is C19H32O4. The van der Waals surface area contributed by atoms with E-state index < -0.39 is 0 Å². The van der Waals surface area contributed by atoms with Gasteiger partial charge in [-0.05, 0) is 53.9 Å². The van der Waals surface area contributed by atoms with Crippen molar-refractivity contribution in [3.63, 3.8) is 0 Å². The van der Waals surface area contributed by atoms with Gasteiger partial charge in [0, 0.05) is 13.0 Å². The van der Waals surface area contributed by atoms with Gasteiger partial charge in [-0.2, -0.15) is 0 Å². The molecule has 3 fully saturated rings. The molecule has 132 valence electrons. The van der Waals surface area contributed by atoms with Crippen LogP contribution in [0.25, 0.3) is 0 Å². The first-order valence-electron chi connectivity index (χ1n) is 9.04. The van der Waals surface area contributed by atoms with Gasteiger partial charge in [0.2, 0.25) is 0 Å². The van der Waals surface area contributed by atoms with Crippen molar-refractivity contribution in [3.05, 3.63) is 11.6 Å². The van der Waals surface area contributed by atoms with Gasteiger partial charge >= 0.3 is 0 Å². The van der Waals surface area contributed by atoms with Gasteiger partial charge in [-0.3, -0.25) is 0 Å². The molecule has 0 bridgehead atoms. The number of hydrogen-bond donors (Lipinski definition) is 0. The molecule has 2 heterocycles. The SMILES string of the molecule is COC1C(OC(C)C)CC[C@@]2(O[C@@H]2C)C1[C@@H]1O[C@@H]1CC=C(C)C. The largest absolute Gasteiger partial charge is 0.378 e. The quantitative estimate of drug-likeness (QED) is 0.554. The highest BCUT2D eigenvalue weighted by atomic mass is 16.6. The summed E-state index contributed by atoms with van der Waals surface area (Å²) in [6, 6.07) is 0.